The van der Waals surface area contributed by atoms with Gasteiger partial charge >= 0.3 is 0 Å². The molecule has 2 heterocycles. The number of hydrogen-bond donors (Lipinski definition) is 1. The molecule has 6 heteroatoms. The second kappa shape index (κ2) is 6.61. The van der Waals surface area contributed by atoms with Crippen LogP contribution in [-0.4, -0.2) is 23.1 Å². The Morgan fingerprint density at radius 2 is 2.24 bits per heavy atom. The van der Waals surface area contributed by atoms with Crippen LogP contribution in [0, 0.1) is 29.0 Å². The van der Waals surface area contributed by atoms with Crippen molar-refractivity contribution in [3.05, 3.63) is 59.3 Å². The lowest BCUT2D eigenvalue weighted by Gasteiger charge is -2.09. The van der Waals surface area contributed by atoms with Crippen LogP contribution in [0.15, 0.2) is 36.5 Å². The third-order valence-electron chi connectivity index (χ3n) is 4.76. The van der Waals surface area contributed by atoms with Crippen LogP contribution < -0.4 is 10.1 Å². The Hall–Kier alpha value is -2.78. The van der Waals surface area contributed by atoms with Crippen molar-refractivity contribution in [1.82, 2.24) is 15.3 Å². The molecule has 0 saturated carbocycles. The third kappa shape index (κ3) is 3.24. The average molecular weight is 336 g/mol. The lowest BCUT2D eigenvalue weighted by molar-refractivity contribution is 0.287. The number of hydrogen-bond acceptors (Lipinski definition) is 5. The van der Waals surface area contributed by atoms with E-state index in [0.29, 0.717) is 34.7 Å². The predicted molar refractivity (Wildman–Crippen MR) is 89.9 cm³/mol. The van der Waals surface area contributed by atoms with Crippen LogP contribution in [0.4, 0.5) is 4.39 Å². The van der Waals surface area contributed by atoms with E-state index in [9.17, 15) is 4.39 Å². The predicted octanol–water partition coefficient (Wildman–Crippen LogP) is 2.69. The van der Waals surface area contributed by atoms with E-state index in [1.54, 1.807) is 24.4 Å². The van der Waals surface area contributed by atoms with Gasteiger partial charge in [-0.05, 0) is 42.5 Å². The van der Waals surface area contributed by atoms with Gasteiger partial charge in [0.15, 0.2) is 5.82 Å². The molecule has 2 unspecified atom stereocenters. The Kier molecular flexibility index (Phi) is 4.16. The van der Waals surface area contributed by atoms with Crippen LogP contribution in [0.2, 0.25) is 0 Å². The maximum atomic E-state index is 13.9. The summed E-state index contributed by atoms with van der Waals surface area (Å²) in [4.78, 5) is 8.82. The molecule has 25 heavy (non-hydrogen) atoms. The first-order valence-electron chi connectivity index (χ1n) is 8.29. The molecule has 2 atom stereocenters. The largest absolute Gasteiger partial charge is 0.473 e. The van der Waals surface area contributed by atoms with Gasteiger partial charge in [0, 0.05) is 24.4 Å². The standard InChI is InChI=1S/C19H17FN4O/c20-17-5-12(8-21)1-2-13(17)11-25-18-3-4-23-19(24-18)14-6-15-9-22-10-16(15)7-14/h1-6,15-16,22H,7,9-11H2. The molecule has 1 aromatic carbocycles. The fourth-order valence-corrected chi connectivity index (χ4v) is 3.41. The van der Waals surface area contributed by atoms with E-state index in [0.717, 1.165) is 25.1 Å². The second-order valence-electron chi connectivity index (χ2n) is 6.40. The Morgan fingerprint density at radius 1 is 1.32 bits per heavy atom. The van der Waals surface area contributed by atoms with Gasteiger partial charge in [0.25, 0.3) is 0 Å². The minimum atomic E-state index is -0.452. The monoisotopic (exact) mass is 336 g/mol. The highest BCUT2D eigenvalue weighted by atomic mass is 19.1. The molecule has 1 aliphatic carbocycles. The molecule has 0 radical (unpaired) electrons. The van der Waals surface area contributed by atoms with Crippen LogP contribution in [0.3, 0.4) is 0 Å². The fourth-order valence-electron chi connectivity index (χ4n) is 3.41. The van der Waals surface area contributed by atoms with Crippen molar-refractivity contribution in [2.45, 2.75) is 13.0 Å². The number of halogens is 1. The van der Waals surface area contributed by atoms with E-state index in [-0.39, 0.29) is 6.61 Å². The van der Waals surface area contributed by atoms with Gasteiger partial charge in [0.2, 0.25) is 5.88 Å². The summed E-state index contributed by atoms with van der Waals surface area (Å²) >= 11 is 0. The highest BCUT2D eigenvalue weighted by Crippen LogP contribution is 2.37. The third-order valence-corrected chi connectivity index (χ3v) is 4.76. The van der Waals surface area contributed by atoms with Crippen molar-refractivity contribution in [2.24, 2.45) is 11.8 Å². The number of allylic oxidation sites excluding steroid dienone is 1. The minimum Gasteiger partial charge on any atom is -0.473 e. The molecule has 2 aromatic rings. The first-order valence-corrected chi connectivity index (χ1v) is 8.29. The molecule has 1 fully saturated rings. The lowest BCUT2D eigenvalue weighted by Crippen LogP contribution is -2.09. The van der Waals surface area contributed by atoms with Crippen LogP contribution >= 0.6 is 0 Å². The summed E-state index contributed by atoms with van der Waals surface area (Å²) in [7, 11) is 0. The van der Waals surface area contributed by atoms with Crippen molar-refractivity contribution in [1.29, 1.82) is 5.26 Å². The van der Waals surface area contributed by atoms with Crippen LogP contribution in [-0.2, 0) is 6.61 Å². The quantitative estimate of drug-likeness (QED) is 0.929. The Labute approximate surface area is 145 Å². The molecule has 4 rings (SSSR count). The second-order valence-corrected chi connectivity index (χ2v) is 6.40. The average Bonchev–Trinajstić information content (AvgIpc) is 3.23. The summed E-state index contributed by atoms with van der Waals surface area (Å²) in [6.07, 6.45) is 4.90. The molecule has 1 aliphatic heterocycles. The number of ether oxygens (including phenoxy) is 1. The van der Waals surface area contributed by atoms with Crippen molar-refractivity contribution in [2.75, 3.05) is 13.1 Å². The highest BCUT2D eigenvalue weighted by molar-refractivity contribution is 5.63. The van der Waals surface area contributed by atoms with Gasteiger partial charge in [-0.25, -0.2) is 9.37 Å². The number of nitrogens with zero attached hydrogens (tertiary/aromatic N) is 3. The zero-order chi connectivity index (χ0) is 17.2. The van der Waals surface area contributed by atoms with Gasteiger partial charge in [-0.2, -0.15) is 10.2 Å². The van der Waals surface area contributed by atoms with Gasteiger partial charge < -0.3 is 10.1 Å². The molecule has 5 nitrogen and oxygen atoms in total. The normalized spacial score (nSPS) is 21.5. The molecule has 0 amide bonds. The zero-order valence-corrected chi connectivity index (χ0v) is 13.6. The van der Waals surface area contributed by atoms with Gasteiger partial charge in [0.05, 0.1) is 11.6 Å². The van der Waals surface area contributed by atoms with Crippen molar-refractivity contribution in [3.63, 3.8) is 0 Å². The highest BCUT2D eigenvalue weighted by Gasteiger charge is 2.32. The Bertz CT molecular complexity index is 874. The molecule has 2 aliphatic rings. The molecule has 1 N–H and O–H groups in total. The van der Waals surface area contributed by atoms with E-state index in [1.807, 2.05) is 6.07 Å². The van der Waals surface area contributed by atoms with Crippen molar-refractivity contribution in [3.8, 4) is 11.9 Å². The van der Waals surface area contributed by atoms with Crippen molar-refractivity contribution < 1.29 is 9.13 Å². The van der Waals surface area contributed by atoms with E-state index in [1.165, 1.54) is 6.07 Å². The van der Waals surface area contributed by atoms with E-state index in [2.05, 4.69) is 21.4 Å². The first kappa shape index (κ1) is 15.7. The van der Waals surface area contributed by atoms with Gasteiger partial charge in [-0.3, -0.25) is 0 Å². The van der Waals surface area contributed by atoms with Crippen LogP contribution in [0.5, 0.6) is 5.88 Å². The number of fused-ring (bicyclic) bond motifs is 1. The van der Waals surface area contributed by atoms with Gasteiger partial charge in [-0.1, -0.05) is 12.1 Å². The summed E-state index contributed by atoms with van der Waals surface area (Å²) in [5.74, 6) is 1.86. The number of nitriles is 1. The topological polar surface area (TPSA) is 70.8 Å². The van der Waals surface area contributed by atoms with E-state index < -0.39 is 5.82 Å². The smallest absolute Gasteiger partial charge is 0.217 e. The summed E-state index contributed by atoms with van der Waals surface area (Å²) in [5.41, 5.74) is 1.84. The molecule has 0 spiro atoms. The number of benzene rings is 1. The summed E-state index contributed by atoms with van der Waals surface area (Å²) in [5, 5.41) is 12.2. The van der Waals surface area contributed by atoms with E-state index >= 15 is 0 Å². The summed E-state index contributed by atoms with van der Waals surface area (Å²) < 4.78 is 19.5. The molecular formula is C19H17FN4O. The summed E-state index contributed by atoms with van der Waals surface area (Å²) in [6.45, 7) is 2.11. The molecule has 0 bridgehead atoms. The maximum absolute atomic E-state index is 13.9. The minimum absolute atomic E-state index is 0.0578. The lowest BCUT2D eigenvalue weighted by atomic mass is 10.00. The molecule has 1 aromatic heterocycles. The number of aromatic nitrogens is 2. The van der Waals surface area contributed by atoms with E-state index in [4.69, 9.17) is 10.00 Å². The van der Waals surface area contributed by atoms with Crippen LogP contribution in [0.25, 0.3) is 5.57 Å². The van der Waals surface area contributed by atoms with Gasteiger partial charge in [-0.15, -0.1) is 0 Å². The fraction of sp³-hybridized carbons (Fsp3) is 0.316. The number of nitrogens with one attached hydrogen (secondary N) is 1. The Balaban J connectivity index is 1.46. The molecular weight excluding hydrogens is 319 g/mol. The number of rotatable bonds is 4. The molecule has 1 saturated heterocycles. The Morgan fingerprint density at radius 3 is 3.04 bits per heavy atom. The van der Waals surface area contributed by atoms with Gasteiger partial charge in [0.1, 0.15) is 12.4 Å². The first-order chi connectivity index (χ1) is 12.2. The maximum Gasteiger partial charge on any atom is 0.217 e. The zero-order valence-electron chi connectivity index (χ0n) is 13.6. The molecule has 126 valence electrons. The summed E-state index contributed by atoms with van der Waals surface area (Å²) in [6, 6.07) is 7.92. The van der Waals surface area contributed by atoms with Crippen molar-refractivity contribution >= 4 is 5.57 Å². The van der Waals surface area contributed by atoms with Crippen LogP contribution in [0.1, 0.15) is 23.4 Å². The SMILES string of the molecule is N#Cc1ccc(COc2ccnc(C3=CC4CNCC4C3)n2)c(F)c1.